The third kappa shape index (κ3) is 4.62. The van der Waals surface area contributed by atoms with E-state index in [9.17, 15) is 9.59 Å². The normalized spacial score (nSPS) is 15.3. The molecule has 1 aliphatic rings. The Balaban J connectivity index is 1.90. The molecule has 2 aromatic carbocycles. The fourth-order valence-electron chi connectivity index (χ4n) is 2.35. The highest BCUT2D eigenvalue weighted by Crippen LogP contribution is 2.37. The van der Waals surface area contributed by atoms with E-state index in [-0.39, 0.29) is 17.8 Å². The molecule has 0 radical (unpaired) electrons. The van der Waals surface area contributed by atoms with Crippen molar-refractivity contribution in [3.63, 3.8) is 0 Å². The lowest BCUT2D eigenvalue weighted by Crippen LogP contribution is -2.27. The summed E-state index contributed by atoms with van der Waals surface area (Å²) in [5, 5.41) is 0.199. The van der Waals surface area contributed by atoms with Crippen molar-refractivity contribution in [1.82, 2.24) is 0 Å². The number of terminal acetylenes is 1. The van der Waals surface area contributed by atoms with Crippen molar-refractivity contribution < 1.29 is 14.3 Å². The number of anilines is 1. The first-order valence-corrected chi connectivity index (χ1v) is 10.8. The molecule has 4 nitrogen and oxygen atoms in total. The summed E-state index contributed by atoms with van der Waals surface area (Å²) < 4.78 is 7.29. The number of ether oxygens (including phenoxy) is 1. The third-order valence-corrected chi connectivity index (χ3v) is 6.22. The zero-order valence-corrected chi connectivity index (χ0v) is 19.4. The molecule has 1 heterocycles. The Morgan fingerprint density at radius 2 is 1.81 bits per heavy atom. The number of benzene rings is 2. The Labute approximate surface area is 192 Å². The molecule has 136 valence electrons. The predicted octanol–water partition coefficient (Wildman–Crippen LogP) is 5.80. The number of carbonyl (C=O) groups excluding carboxylic acids is 2. The van der Waals surface area contributed by atoms with Gasteiger partial charge in [0.25, 0.3) is 11.1 Å². The van der Waals surface area contributed by atoms with Crippen LogP contribution < -0.4 is 9.64 Å². The summed E-state index contributed by atoms with van der Waals surface area (Å²) in [6.45, 7) is 0.186. The van der Waals surface area contributed by atoms with E-state index in [2.05, 4.69) is 51.1 Å². The summed E-state index contributed by atoms with van der Waals surface area (Å²) in [4.78, 5) is 26.6. The van der Waals surface area contributed by atoms with Crippen molar-refractivity contribution in [3.8, 4) is 18.1 Å². The minimum atomic E-state index is -0.356. The molecule has 0 bridgehead atoms. The van der Waals surface area contributed by atoms with Crippen LogP contribution in [0.3, 0.4) is 0 Å². The van der Waals surface area contributed by atoms with Crippen molar-refractivity contribution in [2.75, 3.05) is 11.5 Å². The first-order chi connectivity index (χ1) is 12.9. The largest absolute Gasteiger partial charge is 0.479 e. The fourth-order valence-corrected chi connectivity index (χ4v) is 5.44. The molecule has 8 heteroatoms. The van der Waals surface area contributed by atoms with Crippen LogP contribution in [0.1, 0.15) is 5.56 Å². The van der Waals surface area contributed by atoms with Crippen molar-refractivity contribution in [2.45, 2.75) is 0 Å². The predicted molar refractivity (Wildman–Crippen MR) is 126 cm³/mol. The van der Waals surface area contributed by atoms with Crippen LogP contribution >= 0.6 is 68.5 Å². The number of hydrogen-bond acceptors (Lipinski definition) is 4. The SMILES string of the molecule is C#CCOc1c(I)cc(/C=C2/SC(=O)N(c3ccc(Cl)cc3)C2=O)cc1I. The number of imide groups is 1. The maximum Gasteiger partial charge on any atom is 0.298 e. The van der Waals surface area contributed by atoms with Gasteiger partial charge in [0.1, 0.15) is 12.4 Å². The first-order valence-electron chi connectivity index (χ1n) is 7.49. The smallest absolute Gasteiger partial charge is 0.298 e. The van der Waals surface area contributed by atoms with E-state index in [1.807, 2.05) is 12.1 Å². The van der Waals surface area contributed by atoms with E-state index in [1.54, 1.807) is 30.3 Å². The summed E-state index contributed by atoms with van der Waals surface area (Å²) in [6, 6.07) is 10.3. The highest BCUT2D eigenvalue weighted by Gasteiger charge is 2.36. The van der Waals surface area contributed by atoms with Gasteiger partial charge in [-0.3, -0.25) is 9.59 Å². The number of nitrogens with zero attached hydrogens (tertiary/aromatic N) is 1. The molecule has 2 aromatic rings. The van der Waals surface area contributed by atoms with Gasteiger partial charge in [0.2, 0.25) is 0 Å². The van der Waals surface area contributed by atoms with Crippen LogP contribution in [0, 0.1) is 19.5 Å². The molecule has 2 amide bonds. The van der Waals surface area contributed by atoms with Crippen molar-refractivity contribution in [3.05, 3.63) is 59.0 Å². The van der Waals surface area contributed by atoms with Crippen LogP contribution in [-0.2, 0) is 4.79 Å². The Morgan fingerprint density at radius 3 is 2.41 bits per heavy atom. The summed E-state index contributed by atoms with van der Waals surface area (Å²) in [6.07, 6.45) is 6.94. The second-order valence-electron chi connectivity index (χ2n) is 5.30. The molecule has 27 heavy (non-hydrogen) atoms. The number of hydrogen-bond donors (Lipinski definition) is 0. The molecule has 0 saturated carbocycles. The monoisotopic (exact) mass is 621 g/mol. The molecule has 3 rings (SSSR count). The zero-order chi connectivity index (χ0) is 19.6. The lowest BCUT2D eigenvalue weighted by molar-refractivity contribution is -0.113. The van der Waals surface area contributed by atoms with Gasteiger partial charge in [-0.1, -0.05) is 17.5 Å². The number of amides is 2. The maximum atomic E-state index is 12.7. The molecule has 1 saturated heterocycles. The van der Waals surface area contributed by atoms with Gasteiger partial charge in [-0.05, 0) is 105 Å². The lowest BCUT2D eigenvalue weighted by Gasteiger charge is -2.12. The van der Waals surface area contributed by atoms with Gasteiger partial charge >= 0.3 is 0 Å². The minimum Gasteiger partial charge on any atom is -0.479 e. The molecular formula is C19H10ClI2NO3S. The van der Waals surface area contributed by atoms with Gasteiger partial charge in [0.15, 0.2) is 0 Å². The van der Waals surface area contributed by atoms with Crippen molar-refractivity contribution in [2.24, 2.45) is 0 Å². The van der Waals surface area contributed by atoms with Crippen LogP contribution in [0.5, 0.6) is 5.75 Å². The van der Waals surface area contributed by atoms with Gasteiger partial charge in [0.05, 0.1) is 17.7 Å². The summed E-state index contributed by atoms with van der Waals surface area (Å²) in [5.74, 6) is 2.79. The number of carbonyl (C=O) groups is 2. The molecule has 0 aromatic heterocycles. The van der Waals surface area contributed by atoms with Crippen LogP contribution in [0.2, 0.25) is 5.02 Å². The van der Waals surface area contributed by atoms with Crippen LogP contribution in [0.4, 0.5) is 10.5 Å². The second kappa shape index (κ2) is 8.86. The van der Waals surface area contributed by atoms with Crippen molar-refractivity contribution >= 4 is 91.5 Å². The van der Waals surface area contributed by atoms with E-state index in [4.69, 9.17) is 22.8 Å². The first kappa shape index (κ1) is 20.5. The lowest BCUT2D eigenvalue weighted by atomic mass is 10.2. The minimum absolute atomic E-state index is 0.186. The van der Waals surface area contributed by atoms with Gasteiger partial charge < -0.3 is 4.74 Å². The topological polar surface area (TPSA) is 46.6 Å². The maximum absolute atomic E-state index is 12.7. The fraction of sp³-hybridized carbons (Fsp3) is 0.0526. The molecule has 0 aliphatic carbocycles. The quantitative estimate of drug-likeness (QED) is 0.246. The number of rotatable bonds is 4. The highest BCUT2D eigenvalue weighted by atomic mass is 127. The molecule has 0 N–H and O–H groups in total. The molecular weight excluding hydrogens is 612 g/mol. The van der Waals surface area contributed by atoms with E-state index in [0.717, 1.165) is 29.4 Å². The van der Waals surface area contributed by atoms with Crippen LogP contribution in [0.25, 0.3) is 6.08 Å². The van der Waals surface area contributed by atoms with Crippen LogP contribution in [-0.4, -0.2) is 17.8 Å². The molecule has 1 aliphatic heterocycles. The van der Waals surface area contributed by atoms with Gasteiger partial charge in [0, 0.05) is 5.02 Å². The van der Waals surface area contributed by atoms with Crippen molar-refractivity contribution in [1.29, 1.82) is 0 Å². The van der Waals surface area contributed by atoms with Gasteiger partial charge in [-0.2, -0.15) is 0 Å². The molecule has 0 spiro atoms. The average Bonchev–Trinajstić information content (AvgIpc) is 2.89. The third-order valence-electron chi connectivity index (χ3n) is 3.50. The zero-order valence-electron chi connectivity index (χ0n) is 13.5. The number of halogens is 3. The standard InChI is InChI=1S/C19H10ClI2NO3S/c1-2-7-26-17-14(21)8-11(9-15(17)22)10-16-18(24)23(19(25)27-16)13-5-3-12(20)4-6-13/h1,3-6,8-10H,7H2/b16-10+. The van der Waals surface area contributed by atoms with E-state index in [0.29, 0.717) is 21.4 Å². The summed E-state index contributed by atoms with van der Waals surface area (Å²) in [7, 11) is 0. The van der Waals surface area contributed by atoms with Crippen LogP contribution in [0.15, 0.2) is 41.3 Å². The molecule has 0 unspecified atom stereocenters. The Morgan fingerprint density at radius 1 is 1.19 bits per heavy atom. The highest BCUT2D eigenvalue weighted by molar-refractivity contribution is 14.1. The number of thioether (sulfide) groups is 1. The summed E-state index contributed by atoms with van der Waals surface area (Å²) in [5.41, 5.74) is 1.30. The van der Waals surface area contributed by atoms with E-state index >= 15 is 0 Å². The average molecular weight is 622 g/mol. The molecule has 0 atom stereocenters. The Hall–Kier alpha value is -1.22. The van der Waals surface area contributed by atoms with E-state index in [1.165, 1.54) is 0 Å². The Kier molecular flexibility index (Phi) is 6.73. The molecule has 1 fully saturated rings. The van der Waals surface area contributed by atoms with Gasteiger partial charge in [-0.15, -0.1) is 6.42 Å². The second-order valence-corrected chi connectivity index (χ2v) is 9.05. The summed E-state index contributed by atoms with van der Waals surface area (Å²) >= 11 is 11.1. The van der Waals surface area contributed by atoms with Gasteiger partial charge in [-0.25, -0.2) is 4.90 Å². The Bertz CT molecular complexity index is 976. The van der Waals surface area contributed by atoms with E-state index < -0.39 is 0 Å².